The van der Waals surface area contributed by atoms with Crippen LogP contribution in [0.4, 0.5) is 5.82 Å². The Morgan fingerprint density at radius 2 is 2.08 bits per heavy atom. The number of nitrogens with one attached hydrogen (secondary N) is 1. The van der Waals surface area contributed by atoms with Gasteiger partial charge in [0, 0.05) is 13.6 Å². The van der Waals surface area contributed by atoms with Crippen molar-refractivity contribution in [3.05, 3.63) is 42.4 Å². The van der Waals surface area contributed by atoms with Gasteiger partial charge in [0.25, 0.3) is 0 Å². The van der Waals surface area contributed by atoms with Gasteiger partial charge in [0.15, 0.2) is 5.65 Å². The van der Waals surface area contributed by atoms with E-state index in [-0.39, 0.29) is 6.04 Å². The number of fused-ring (bicyclic) bond motifs is 1. The second-order valence-electron chi connectivity index (χ2n) is 6.64. The number of nitrogens with zero attached hydrogens (tertiary/aromatic N) is 5. The van der Waals surface area contributed by atoms with E-state index in [2.05, 4.69) is 43.5 Å². The molecule has 26 heavy (non-hydrogen) atoms. The monoisotopic (exact) mass is 352 g/mol. The smallest absolute Gasteiger partial charge is 0.163 e. The van der Waals surface area contributed by atoms with Crippen molar-refractivity contribution in [2.24, 2.45) is 7.05 Å². The number of rotatable bonds is 6. The van der Waals surface area contributed by atoms with E-state index in [1.807, 2.05) is 19.3 Å². The lowest BCUT2D eigenvalue weighted by molar-refractivity contribution is 0.255. The van der Waals surface area contributed by atoms with Crippen LogP contribution in [0.3, 0.4) is 0 Å². The molecule has 1 saturated heterocycles. The average Bonchev–Trinajstić information content (AvgIpc) is 3.33. The molecule has 0 saturated carbocycles. The van der Waals surface area contributed by atoms with Crippen LogP contribution < -0.4 is 10.1 Å². The van der Waals surface area contributed by atoms with Crippen molar-refractivity contribution in [2.75, 3.05) is 32.1 Å². The lowest BCUT2D eigenvalue weighted by Gasteiger charge is -2.28. The summed E-state index contributed by atoms with van der Waals surface area (Å²) < 4.78 is 7.19. The van der Waals surface area contributed by atoms with Crippen molar-refractivity contribution in [1.29, 1.82) is 0 Å². The summed E-state index contributed by atoms with van der Waals surface area (Å²) in [6, 6.07) is 8.62. The van der Waals surface area contributed by atoms with Crippen molar-refractivity contribution in [2.45, 2.75) is 18.9 Å². The Hall–Kier alpha value is -2.67. The summed E-state index contributed by atoms with van der Waals surface area (Å²) in [5.41, 5.74) is 2.09. The molecule has 3 heterocycles. The molecule has 1 aliphatic heterocycles. The highest BCUT2D eigenvalue weighted by Gasteiger charge is 2.24. The molecule has 3 aromatic rings. The molecule has 0 unspecified atom stereocenters. The van der Waals surface area contributed by atoms with E-state index in [0.717, 1.165) is 42.2 Å². The number of hydrogen-bond acceptors (Lipinski definition) is 6. The minimum Gasteiger partial charge on any atom is -0.497 e. The van der Waals surface area contributed by atoms with E-state index in [9.17, 15) is 0 Å². The maximum absolute atomic E-state index is 5.42. The molecule has 0 amide bonds. The zero-order valence-corrected chi connectivity index (χ0v) is 15.2. The van der Waals surface area contributed by atoms with Crippen molar-refractivity contribution in [3.8, 4) is 5.75 Å². The molecule has 0 bridgehead atoms. The van der Waals surface area contributed by atoms with Crippen LogP contribution in [0.2, 0.25) is 0 Å². The van der Waals surface area contributed by atoms with Crippen molar-refractivity contribution in [3.63, 3.8) is 0 Å². The van der Waals surface area contributed by atoms with Crippen molar-refractivity contribution >= 4 is 16.9 Å². The zero-order valence-electron chi connectivity index (χ0n) is 15.2. The highest BCUT2D eigenvalue weighted by atomic mass is 16.5. The average molecular weight is 352 g/mol. The fourth-order valence-electron chi connectivity index (χ4n) is 3.66. The van der Waals surface area contributed by atoms with Gasteiger partial charge >= 0.3 is 0 Å². The molecule has 136 valence electrons. The predicted octanol–water partition coefficient (Wildman–Crippen LogP) is 2.62. The fourth-order valence-corrected chi connectivity index (χ4v) is 3.66. The van der Waals surface area contributed by atoms with E-state index < -0.39 is 0 Å². The number of hydrogen-bond donors (Lipinski definition) is 1. The lowest BCUT2D eigenvalue weighted by atomic mass is 10.0. The number of benzene rings is 1. The first-order valence-corrected chi connectivity index (χ1v) is 9.01. The van der Waals surface area contributed by atoms with Gasteiger partial charge in [-0.1, -0.05) is 12.1 Å². The normalized spacial score (nSPS) is 16.1. The van der Waals surface area contributed by atoms with Crippen LogP contribution in [-0.4, -0.2) is 51.4 Å². The topological polar surface area (TPSA) is 68.1 Å². The van der Waals surface area contributed by atoms with Gasteiger partial charge in [-0.3, -0.25) is 9.58 Å². The third-order valence-electron chi connectivity index (χ3n) is 5.05. The molecular formula is C19H24N6O. The standard InChI is InChI=1S/C19H24N6O/c1-24-19-16(11-23-24)18(21-13-22-19)20-12-17(25-8-3-4-9-25)14-6-5-7-15(10-14)26-2/h5-7,10-11,13,17H,3-4,8-9,12H2,1-2H3,(H,20,21,22)/t17-/m0/s1. The van der Waals surface area contributed by atoms with E-state index in [4.69, 9.17) is 4.74 Å². The van der Waals surface area contributed by atoms with E-state index >= 15 is 0 Å². The van der Waals surface area contributed by atoms with E-state index in [0.29, 0.717) is 0 Å². The third kappa shape index (κ3) is 3.22. The summed E-state index contributed by atoms with van der Waals surface area (Å²) in [6.45, 7) is 3.01. The summed E-state index contributed by atoms with van der Waals surface area (Å²) in [4.78, 5) is 11.3. The van der Waals surface area contributed by atoms with Gasteiger partial charge in [-0.2, -0.15) is 5.10 Å². The number of ether oxygens (including phenoxy) is 1. The quantitative estimate of drug-likeness (QED) is 0.735. The van der Waals surface area contributed by atoms with Crippen LogP contribution in [-0.2, 0) is 7.05 Å². The molecule has 1 aliphatic rings. The van der Waals surface area contributed by atoms with Crippen LogP contribution >= 0.6 is 0 Å². The summed E-state index contributed by atoms with van der Waals surface area (Å²) in [7, 11) is 3.60. The highest BCUT2D eigenvalue weighted by molar-refractivity contribution is 5.85. The molecule has 1 aromatic carbocycles. The van der Waals surface area contributed by atoms with Gasteiger partial charge in [-0.05, 0) is 43.6 Å². The van der Waals surface area contributed by atoms with Gasteiger partial charge in [-0.15, -0.1) is 0 Å². The Morgan fingerprint density at radius 3 is 2.88 bits per heavy atom. The van der Waals surface area contributed by atoms with Gasteiger partial charge in [0.1, 0.15) is 17.9 Å². The van der Waals surface area contributed by atoms with Crippen LogP contribution in [0.25, 0.3) is 11.0 Å². The second-order valence-corrected chi connectivity index (χ2v) is 6.64. The number of aromatic nitrogens is 4. The highest BCUT2D eigenvalue weighted by Crippen LogP contribution is 2.28. The molecule has 1 atom stereocenters. The third-order valence-corrected chi connectivity index (χ3v) is 5.05. The molecule has 0 spiro atoms. The number of likely N-dealkylation sites (tertiary alicyclic amines) is 1. The number of aryl methyl sites for hydroxylation is 1. The molecule has 2 aromatic heterocycles. The second kappa shape index (κ2) is 7.29. The Labute approximate surface area is 153 Å². The summed E-state index contributed by atoms with van der Waals surface area (Å²) in [6.07, 6.45) is 5.90. The van der Waals surface area contributed by atoms with Gasteiger partial charge in [-0.25, -0.2) is 9.97 Å². The Kier molecular flexibility index (Phi) is 4.71. The Morgan fingerprint density at radius 1 is 1.23 bits per heavy atom. The molecule has 1 fully saturated rings. The lowest BCUT2D eigenvalue weighted by Crippen LogP contribution is -2.31. The zero-order chi connectivity index (χ0) is 17.9. The van der Waals surface area contributed by atoms with Crippen LogP contribution in [0, 0.1) is 0 Å². The SMILES string of the molecule is COc1cccc([C@H](CNc2ncnc3c2cnn3C)N2CCCC2)c1. The molecule has 4 rings (SSSR count). The Balaban J connectivity index is 1.60. The van der Waals surface area contributed by atoms with Gasteiger partial charge in [0.2, 0.25) is 0 Å². The first-order chi connectivity index (χ1) is 12.8. The van der Waals surface area contributed by atoms with Gasteiger partial charge in [0.05, 0.1) is 24.7 Å². The maximum atomic E-state index is 5.42. The van der Waals surface area contributed by atoms with Crippen LogP contribution in [0.5, 0.6) is 5.75 Å². The fraction of sp³-hybridized carbons (Fsp3) is 0.421. The largest absolute Gasteiger partial charge is 0.497 e. The van der Waals surface area contributed by atoms with Crippen molar-refractivity contribution in [1.82, 2.24) is 24.6 Å². The first kappa shape index (κ1) is 16.8. The molecule has 7 nitrogen and oxygen atoms in total. The first-order valence-electron chi connectivity index (χ1n) is 9.01. The Bertz CT molecular complexity index is 887. The van der Waals surface area contributed by atoms with Crippen LogP contribution in [0.1, 0.15) is 24.4 Å². The van der Waals surface area contributed by atoms with E-state index in [1.54, 1.807) is 18.1 Å². The minimum absolute atomic E-state index is 0.272. The molecular weight excluding hydrogens is 328 g/mol. The minimum atomic E-state index is 0.272. The molecule has 1 N–H and O–H groups in total. The molecule has 0 aliphatic carbocycles. The molecule has 7 heteroatoms. The molecule has 0 radical (unpaired) electrons. The maximum Gasteiger partial charge on any atom is 0.163 e. The van der Waals surface area contributed by atoms with Crippen LogP contribution in [0.15, 0.2) is 36.8 Å². The summed E-state index contributed by atoms with van der Waals surface area (Å²) >= 11 is 0. The summed E-state index contributed by atoms with van der Waals surface area (Å²) in [5, 5.41) is 8.76. The summed E-state index contributed by atoms with van der Waals surface area (Å²) in [5.74, 6) is 1.72. The van der Waals surface area contributed by atoms with Gasteiger partial charge < -0.3 is 10.1 Å². The predicted molar refractivity (Wildman–Crippen MR) is 101 cm³/mol. The van der Waals surface area contributed by atoms with E-state index in [1.165, 1.54) is 18.4 Å². The number of methoxy groups -OCH3 is 1. The van der Waals surface area contributed by atoms with Crippen molar-refractivity contribution < 1.29 is 4.74 Å². The number of anilines is 1.